The second kappa shape index (κ2) is 5.95. The van der Waals surface area contributed by atoms with Gasteiger partial charge >= 0.3 is 6.18 Å². The maximum Gasteiger partial charge on any atom is 0.416 e. The van der Waals surface area contributed by atoms with E-state index < -0.39 is 23.5 Å². The molecule has 6 heteroatoms. The molecule has 0 aliphatic heterocycles. The predicted octanol–water partition coefficient (Wildman–Crippen LogP) is 3.77. The van der Waals surface area contributed by atoms with Crippen molar-refractivity contribution in [3.63, 3.8) is 0 Å². The van der Waals surface area contributed by atoms with Gasteiger partial charge in [-0.2, -0.15) is 13.2 Å². The van der Waals surface area contributed by atoms with Crippen LogP contribution < -0.4 is 5.32 Å². The van der Waals surface area contributed by atoms with Gasteiger partial charge in [-0.1, -0.05) is 18.2 Å². The van der Waals surface area contributed by atoms with Crippen LogP contribution in [0, 0.1) is 5.82 Å². The summed E-state index contributed by atoms with van der Waals surface area (Å²) in [5, 5.41) is 2.39. The highest BCUT2D eigenvalue weighted by Gasteiger charge is 2.32. The lowest BCUT2D eigenvalue weighted by Gasteiger charge is -2.13. The van der Waals surface area contributed by atoms with Gasteiger partial charge in [0, 0.05) is 12.1 Å². The number of carbonyl (C=O) groups is 1. The average Bonchev–Trinajstić information content (AvgIpc) is 2.45. The summed E-state index contributed by atoms with van der Waals surface area (Å²) in [6, 6.07) is 9.76. The first-order valence-corrected chi connectivity index (χ1v) is 6.07. The number of halogens is 4. The lowest BCUT2D eigenvalue weighted by molar-refractivity contribution is -0.138. The van der Waals surface area contributed by atoms with Crippen LogP contribution in [0.3, 0.4) is 0 Å². The van der Waals surface area contributed by atoms with E-state index in [0.717, 1.165) is 18.2 Å². The third-order valence-corrected chi connectivity index (χ3v) is 2.87. The standard InChI is InChI=1S/C15H11F4NO/c16-12-7-5-10(6-8-12)14(21)20-9-11-3-1-2-4-13(11)15(17,18)19/h1-8H,9H2,(H,20,21). The molecule has 0 atom stereocenters. The van der Waals surface area contributed by atoms with Gasteiger partial charge < -0.3 is 5.32 Å². The summed E-state index contributed by atoms with van der Waals surface area (Å²) in [5.74, 6) is -1.05. The molecule has 110 valence electrons. The molecule has 21 heavy (non-hydrogen) atoms. The molecule has 0 bridgehead atoms. The maximum atomic E-state index is 12.8. The second-order valence-electron chi connectivity index (χ2n) is 4.34. The minimum absolute atomic E-state index is 0.0274. The molecule has 0 unspecified atom stereocenters. The first-order valence-electron chi connectivity index (χ1n) is 6.07. The Hall–Kier alpha value is -2.37. The van der Waals surface area contributed by atoms with Crippen molar-refractivity contribution in [2.24, 2.45) is 0 Å². The zero-order valence-corrected chi connectivity index (χ0v) is 10.7. The molecule has 1 amide bonds. The van der Waals surface area contributed by atoms with Crippen LogP contribution in [-0.4, -0.2) is 5.91 Å². The van der Waals surface area contributed by atoms with Crippen LogP contribution in [0.15, 0.2) is 48.5 Å². The monoisotopic (exact) mass is 297 g/mol. The van der Waals surface area contributed by atoms with Crippen molar-refractivity contribution in [3.05, 3.63) is 71.0 Å². The maximum absolute atomic E-state index is 12.8. The Morgan fingerprint density at radius 2 is 1.62 bits per heavy atom. The van der Waals surface area contributed by atoms with Crippen LogP contribution in [0.5, 0.6) is 0 Å². The summed E-state index contributed by atoms with van der Waals surface area (Å²) in [6.45, 7) is -0.258. The van der Waals surface area contributed by atoms with Gasteiger partial charge in [-0.25, -0.2) is 4.39 Å². The second-order valence-corrected chi connectivity index (χ2v) is 4.34. The van der Waals surface area contributed by atoms with Gasteiger partial charge in [-0.05, 0) is 35.9 Å². The summed E-state index contributed by atoms with van der Waals surface area (Å²) < 4.78 is 51.1. The fourth-order valence-corrected chi connectivity index (χ4v) is 1.83. The van der Waals surface area contributed by atoms with Crippen molar-refractivity contribution < 1.29 is 22.4 Å². The van der Waals surface area contributed by atoms with E-state index in [0.29, 0.717) is 0 Å². The van der Waals surface area contributed by atoms with Crippen molar-refractivity contribution in [2.75, 3.05) is 0 Å². The van der Waals surface area contributed by atoms with Crippen LogP contribution >= 0.6 is 0 Å². The molecule has 0 heterocycles. The quantitative estimate of drug-likeness (QED) is 0.858. The van der Waals surface area contributed by atoms with E-state index in [-0.39, 0.29) is 17.7 Å². The molecule has 2 aromatic carbocycles. The summed E-state index contributed by atoms with van der Waals surface area (Å²) in [7, 11) is 0. The summed E-state index contributed by atoms with van der Waals surface area (Å²) in [5.41, 5.74) is -0.634. The molecule has 0 saturated heterocycles. The minimum Gasteiger partial charge on any atom is -0.348 e. The van der Waals surface area contributed by atoms with Crippen molar-refractivity contribution in [1.29, 1.82) is 0 Å². The van der Waals surface area contributed by atoms with Crippen molar-refractivity contribution in [3.8, 4) is 0 Å². The first kappa shape index (κ1) is 15.0. The normalized spacial score (nSPS) is 11.2. The fraction of sp³-hybridized carbons (Fsp3) is 0.133. The molecule has 0 spiro atoms. The number of rotatable bonds is 3. The Morgan fingerprint density at radius 3 is 2.24 bits per heavy atom. The summed E-state index contributed by atoms with van der Waals surface area (Å²) in [6.07, 6.45) is -4.48. The van der Waals surface area contributed by atoms with Crippen LogP contribution in [-0.2, 0) is 12.7 Å². The number of hydrogen-bond acceptors (Lipinski definition) is 1. The Kier molecular flexibility index (Phi) is 4.26. The molecule has 1 N–H and O–H groups in total. The van der Waals surface area contributed by atoms with Crippen LogP contribution in [0.1, 0.15) is 21.5 Å². The largest absolute Gasteiger partial charge is 0.416 e. The highest BCUT2D eigenvalue weighted by Crippen LogP contribution is 2.31. The number of benzene rings is 2. The lowest BCUT2D eigenvalue weighted by atomic mass is 10.1. The molecule has 0 radical (unpaired) electrons. The van der Waals surface area contributed by atoms with E-state index >= 15 is 0 Å². The molecule has 2 aromatic rings. The van der Waals surface area contributed by atoms with E-state index in [4.69, 9.17) is 0 Å². The van der Waals surface area contributed by atoms with Gasteiger partial charge in [0.05, 0.1) is 5.56 Å². The van der Waals surface area contributed by atoms with E-state index in [2.05, 4.69) is 5.32 Å². The van der Waals surface area contributed by atoms with Gasteiger partial charge in [-0.15, -0.1) is 0 Å². The number of hydrogen-bond donors (Lipinski definition) is 1. The SMILES string of the molecule is O=C(NCc1ccccc1C(F)(F)F)c1ccc(F)cc1. The van der Waals surface area contributed by atoms with Gasteiger partial charge in [-0.3, -0.25) is 4.79 Å². The highest BCUT2D eigenvalue weighted by molar-refractivity contribution is 5.94. The molecule has 0 aliphatic rings. The van der Waals surface area contributed by atoms with Crippen LogP contribution in [0.4, 0.5) is 17.6 Å². The Bertz CT molecular complexity index is 635. The third-order valence-electron chi connectivity index (χ3n) is 2.87. The third kappa shape index (κ3) is 3.81. The molecule has 0 aliphatic carbocycles. The van der Waals surface area contributed by atoms with Crippen LogP contribution in [0.2, 0.25) is 0 Å². The predicted molar refractivity (Wildman–Crippen MR) is 69.0 cm³/mol. The van der Waals surface area contributed by atoms with Crippen molar-refractivity contribution >= 4 is 5.91 Å². The number of alkyl halides is 3. The Balaban J connectivity index is 2.10. The average molecular weight is 297 g/mol. The topological polar surface area (TPSA) is 29.1 Å². The lowest BCUT2D eigenvalue weighted by Crippen LogP contribution is -2.24. The Labute approximate surface area is 118 Å². The zero-order valence-electron chi connectivity index (χ0n) is 10.7. The van der Waals surface area contributed by atoms with Crippen molar-refractivity contribution in [2.45, 2.75) is 12.7 Å². The van der Waals surface area contributed by atoms with Gasteiger partial charge in [0.2, 0.25) is 0 Å². The van der Waals surface area contributed by atoms with E-state index in [1.54, 1.807) is 0 Å². The number of carbonyl (C=O) groups excluding carboxylic acids is 1. The molecule has 0 aromatic heterocycles. The van der Waals surface area contributed by atoms with E-state index in [9.17, 15) is 22.4 Å². The first-order chi connectivity index (χ1) is 9.88. The molecule has 2 rings (SSSR count). The van der Waals surface area contributed by atoms with Crippen molar-refractivity contribution in [1.82, 2.24) is 5.32 Å². The number of amides is 1. The molecule has 0 saturated carbocycles. The number of nitrogens with one attached hydrogen (secondary N) is 1. The molecule has 2 nitrogen and oxygen atoms in total. The van der Waals surface area contributed by atoms with Gasteiger partial charge in [0.1, 0.15) is 5.82 Å². The molecular formula is C15H11F4NO. The molecule has 0 fully saturated rings. The smallest absolute Gasteiger partial charge is 0.348 e. The zero-order chi connectivity index (χ0) is 15.5. The Morgan fingerprint density at radius 1 is 1.00 bits per heavy atom. The van der Waals surface area contributed by atoms with Gasteiger partial charge in [0.25, 0.3) is 5.91 Å². The van der Waals surface area contributed by atoms with E-state index in [1.807, 2.05) is 0 Å². The summed E-state index contributed by atoms with van der Waals surface area (Å²) >= 11 is 0. The summed E-state index contributed by atoms with van der Waals surface area (Å²) in [4.78, 5) is 11.8. The fourth-order valence-electron chi connectivity index (χ4n) is 1.83. The van der Waals surface area contributed by atoms with Gasteiger partial charge in [0.15, 0.2) is 0 Å². The van der Waals surface area contributed by atoms with E-state index in [1.165, 1.54) is 30.3 Å². The van der Waals surface area contributed by atoms with Crippen LogP contribution in [0.25, 0.3) is 0 Å². The molecular weight excluding hydrogens is 286 g/mol. The highest BCUT2D eigenvalue weighted by atomic mass is 19.4. The minimum atomic E-state index is -4.48.